The van der Waals surface area contributed by atoms with Crippen LogP contribution in [0, 0.1) is 0 Å². The van der Waals surface area contributed by atoms with Crippen molar-refractivity contribution in [1.29, 1.82) is 0 Å². The molecule has 0 aromatic heterocycles. The van der Waals surface area contributed by atoms with E-state index in [0.29, 0.717) is 6.42 Å². The highest BCUT2D eigenvalue weighted by Gasteiger charge is 2.03. The molecule has 18 heavy (non-hydrogen) atoms. The Morgan fingerprint density at radius 3 is 2.72 bits per heavy atom. The lowest BCUT2D eigenvalue weighted by Crippen LogP contribution is -2.19. The van der Waals surface area contributed by atoms with Crippen LogP contribution in [0.5, 0.6) is 0 Å². The molecule has 96 valence electrons. The van der Waals surface area contributed by atoms with E-state index >= 15 is 0 Å². The van der Waals surface area contributed by atoms with Crippen LogP contribution in [0.2, 0.25) is 0 Å². The molecule has 0 N–H and O–H groups in total. The Morgan fingerprint density at radius 1 is 1.33 bits per heavy atom. The monoisotopic (exact) mass is 245 g/mol. The summed E-state index contributed by atoms with van der Waals surface area (Å²) in [5, 5.41) is 0. The molecule has 0 aliphatic rings. The lowest BCUT2D eigenvalue weighted by atomic mass is 10.1. The van der Waals surface area contributed by atoms with Gasteiger partial charge in [0.25, 0.3) is 0 Å². The Labute approximate surface area is 108 Å². The Morgan fingerprint density at radius 2 is 2.06 bits per heavy atom. The van der Waals surface area contributed by atoms with Crippen LogP contribution in [0.15, 0.2) is 30.3 Å². The smallest absolute Gasteiger partial charge is 0.323 e. The van der Waals surface area contributed by atoms with Gasteiger partial charge in [-0.05, 0) is 32.0 Å². The summed E-state index contributed by atoms with van der Waals surface area (Å²) in [5.41, 5.74) is 9.48. The molecule has 0 saturated heterocycles. The van der Waals surface area contributed by atoms with E-state index in [9.17, 15) is 4.79 Å². The first-order chi connectivity index (χ1) is 8.72. The van der Waals surface area contributed by atoms with Crippen molar-refractivity contribution in [2.24, 2.45) is 0 Å². The molecule has 0 unspecified atom stereocenters. The van der Waals surface area contributed by atoms with Gasteiger partial charge in [0.15, 0.2) is 0 Å². The van der Waals surface area contributed by atoms with Crippen LogP contribution in [0.1, 0.15) is 24.8 Å². The fourth-order valence-electron chi connectivity index (χ4n) is 1.78. The topological polar surface area (TPSA) is 56.7 Å². The predicted molar refractivity (Wildman–Crippen MR) is 71.3 cm³/mol. The van der Waals surface area contributed by atoms with Crippen LogP contribution < -0.4 is 0 Å². The highest BCUT2D eigenvalue weighted by Crippen LogP contribution is 2.04. The van der Waals surface area contributed by atoms with Crippen LogP contribution in [0.25, 0.3) is 5.53 Å². The van der Waals surface area contributed by atoms with Gasteiger partial charge in [-0.3, -0.25) is 4.79 Å². The Kier molecular flexibility index (Phi) is 6.62. The summed E-state index contributed by atoms with van der Waals surface area (Å²) >= 11 is 0. The number of ketones is 1. The lowest BCUT2D eigenvalue weighted by Gasteiger charge is -2.16. The number of carbonyl (C=O) groups is 1. The summed E-state index contributed by atoms with van der Waals surface area (Å²) in [6, 6.07) is 10.3. The molecule has 0 bridgehead atoms. The molecule has 0 heterocycles. The molecule has 0 aliphatic heterocycles. The molecule has 1 aromatic rings. The zero-order chi connectivity index (χ0) is 13.2. The van der Waals surface area contributed by atoms with Crippen molar-refractivity contribution in [3.8, 4) is 0 Å². The highest BCUT2D eigenvalue weighted by molar-refractivity contribution is 6.25. The number of benzene rings is 1. The van der Waals surface area contributed by atoms with Gasteiger partial charge in [-0.2, -0.15) is 4.79 Å². The fourth-order valence-corrected chi connectivity index (χ4v) is 1.78. The molecule has 1 aromatic carbocycles. The zero-order valence-corrected chi connectivity index (χ0v) is 10.7. The van der Waals surface area contributed by atoms with Gasteiger partial charge in [-0.15, -0.1) is 0 Å². The SMILES string of the molecule is CN(CCCCC(=O)C=[N+]=[N-])Cc1ccccc1. The average Bonchev–Trinajstić information content (AvgIpc) is 2.36. The van der Waals surface area contributed by atoms with E-state index in [2.05, 4.69) is 28.9 Å². The van der Waals surface area contributed by atoms with E-state index in [0.717, 1.165) is 32.1 Å². The third-order valence-corrected chi connectivity index (χ3v) is 2.71. The Bertz CT molecular complexity index is 410. The minimum atomic E-state index is -0.122. The molecular weight excluding hydrogens is 226 g/mol. The first-order valence-corrected chi connectivity index (χ1v) is 6.15. The van der Waals surface area contributed by atoms with Gasteiger partial charge in [-0.1, -0.05) is 30.3 Å². The summed E-state index contributed by atoms with van der Waals surface area (Å²) in [7, 11) is 2.07. The average molecular weight is 245 g/mol. The first-order valence-electron chi connectivity index (χ1n) is 6.15. The number of Topliss-reactive ketones (excluding diaryl/α,β-unsaturated/α-hetero) is 1. The van der Waals surface area contributed by atoms with E-state index in [1.165, 1.54) is 5.56 Å². The minimum Gasteiger partial charge on any atom is -0.361 e. The van der Waals surface area contributed by atoms with Crippen molar-refractivity contribution >= 4 is 12.0 Å². The minimum absolute atomic E-state index is 0.122. The van der Waals surface area contributed by atoms with Crippen LogP contribution in [0.3, 0.4) is 0 Å². The fraction of sp³-hybridized carbons (Fsp3) is 0.429. The third-order valence-electron chi connectivity index (χ3n) is 2.71. The second-order valence-electron chi connectivity index (χ2n) is 4.39. The van der Waals surface area contributed by atoms with Crippen LogP contribution >= 0.6 is 0 Å². The number of hydrogen-bond acceptors (Lipinski definition) is 2. The molecule has 0 aliphatic carbocycles. The van der Waals surface area contributed by atoms with Gasteiger partial charge in [0.2, 0.25) is 5.78 Å². The molecule has 0 spiro atoms. The van der Waals surface area contributed by atoms with Crippen LogP contribution in [-0.4, -0.2) is 35.3 Å². The summed E-state index contributed by atoms with van der Waals surface area (Å²) in [6.07, 6.45) is 3.20. The normalized spacial score (nSPS) is 10.1. The van der Waals surface area contributed by atoms with Crippen molar-refractivity contribution < 1.29 is 9.58 Å². The maximum atomic E-state index is 11.1. The lowest BCUT2D eigenvalue weighted by molar-refractivity contribution is -0.116. The first kappa shape index (κ1) is 14.3. The summed E-state index contributed by atoms with van der Waals surface area (Å²) in [4.78, 5) is 16.0. The van der Waals surface area contributed by atoms with E-state index in [-0.39, 0.29) is 5.78 Å². The molecule has 0 amide bonds. The summed E-state index contributed by atoms with van der Waals surface area (Å²) in [5.74, 6) is -0.122. The van der Waals surface area contributed by atoms with Gasteiger partial charge in [-0.25, -0.2) is 0 Å². The maximum absolute atomic E-state index is 11.1. The number of nitrogens with zero attached hydrogens (tertiary/aromatic N) is 3. The van der Waals surface area contributed by atoms with Crippen molar-refractivity contribution in [1.82, 2.24) is 4.90 Å². The van der Waals surface area contributed by atoms with E-state index < -0.39 is 0 Å². The van der Waals surface area contributed by atoms with E-state index in [4.69, 9.17) is 5.53 Å². The molecule has 0 fully saturated rings. The van der Waals surface area contributed by atoms with Gasteiger partial charge >= 0.3 is 6.21 Å². The molecule has 0 radical (unpaired) electrons. The summed E-state index contributed by atoms with van der Waals surface area (Å²) in [6.45, 7) is 1.88. The second kappa shape index (κ2) is 8.34. The van der Waals surface area contributed by atoms with Gasteiger partial charge in [0.05, 0.1) is 0 Å². The van der Waals surface area contributed by atoms with Crippen LogP contribution in [-0.2, 0) is 11.3 Å². The van der Waals surface area contributed by atoms with Gasteiger partial charge in [0.1, 0.15) is 0 Å². The molecule has 4 nitrogen and oxygen atoms in total. The third kappa shape index (κ3) is 6.09. The maximum Gasteiger partial charge on any atom is 0.323 e. The molecule has 0 saturated carbocycles. The van der Waals surface area contributed by atoms with Gasteiger partial charge < -0.3 is 10.4 Å². The quantitative estimate of drug-likeness (QED) is 0.305. The largest absolute Gasteiger partial charge is 0.361 e. The molecule has 4 heteroatoms. The van der Waals surface area contributed by atoms with E-state index in [1.807, 2.05) is 18.2 Å². The number of hydrogen-bond donors (Lipinski definition) is 0. The highest BCUT2D eigenvalue weighted by atomic mass is 16.1. The molecule has 1 rings (SSSR count). The van der Waals surface area contributed by atoms with Crippen LogP contribution in [0.4, 0.5) is 0 Å². The van der Waals surface area contributed by atoms with Gasteiger partial charge in [0, 0.05) is 13.0 Å². The van der Waals surface area contributed by atoms with Crippen molar-refractivity contribution in [2.75, 3.05) is 13.6 Å². The summed E-state index contributed by atoms with van der Waals surface area (Å²) < 4.78 is 0. The van der Waals surface area contributed by atoms with Crippen molar-refractivity contribution in [3.63, 3.8) is 0 Å². The Balaban J connectivity index is 2.16. The zero-order valence-electron chi connectivity index (χ0n) is 10.7. The number of rotatable bonds is 8. The molecular formula is C14H19N3O. The molecule has 0 atom stereocenters. The number of unbranched alkanes of at least 4 members (excludes halogenated alkanes) is 1. The van der Waals surface area contributed by atoms with E-state index in [1.54, 1.807) is 0 Å². The van der Waals surface area contributed by atoms with Crippen molar-refractivity contribution in [2.45, 2.75) is 25.8 Å². The number of carbonyl (C=O) groups excluding carboxylic acids is 1. The Hall–Kier alpha value is -1.77. The standard InChI is InChI=1S/C14H19N3O/c1-17(12-13-7-3-2-4-8-13)10-6-5-9-14(18)11-16-15/h2-4,7-8,11H,5-6,9-10,12H2,1H3. The second-order valence-corrected chi connectivity index (χ2v) is 4.39. The van der Waals surface area contributed by atoms with Crippen molar-refractivity contribution in [3.05, 3.63) is 41.4 Å². The predicted octanol–water partition coefficient (Wildman–Crippen LogP) is 2.16.